The van der Waals surface area contributed by atoms with Crippen LogP contribution in [-0.2, 0) is 25.1 Å². The van der Waals surface area contributed by atoms with Gasteiger partial charge in [0.05, 0.1) is 11.9 Å². The Labute approximate surface area is 278 Å². The number of hydrogen-bond donors (Lipinski definition) is 0. The van der Waals surface area contributed by atoms with Crippen LogP contribution in [0.1, 0.15) is 73.8 Å². The lowest BCUT2D eigenvalue weighted by Crippen LogP contribution is -2.50. The van der Waals surface area contributed by atoms with Gasteiger partial charge in [-0.05, 0) is 80.2 Å². The molecule has 3 aromatic carbocycles. The van der Waals surface area contributed by atoms with Crippen molar-refractivity contribution in [1.29, 1.82) is 0 Å². The number of carbonyl (C=O) groups excluding carboxylic acids is 1. The molecule has 2 saturated heterocycles. The Bertz CT molecular complexity index is 1470. The van der Waals surface area contributed by atoms with E-state index in [1.54, 1.807) is 0 Å². The van der Waals surface area contributed by atoms with Crippen LogP contribution in [0.2, 0.25) is 23.2 Å². The molecule has 0 radical (unpaired) electrons. The maximum Gasteiger partial charge on any atom is 0.220 e. The minimum atomic E-state index is -2.29. The van der Waals surface area contributed by atoms with E-state index in [2.05, 4.69) is 52.1 Å². The summed E-state index contributed by atoms with van der Waals surface area (Å²) in [5, 5.41) is 0.165. The molecule has 0 amide bonds. The lowest BCUT2D eigenvalue weighted by Gasteiger charge is -2.41. The number of carbonyl (C=O) groups is 1. The zero-order valence-electron chi connectivity index (χ0n) is 27.5. The maximum atomic E-state index is 13.8. The molecular weight excluding hydrogens is 624 g/mol. The Morgan fingerprint density at radius 3 is 2.36 bits per heavy atom. The highest BCUT2D eigenvalue weighted by Crippen LogP contribution is 2.50. The first-order chi connectivity index (χ1) is 21.2. The second-order valence-electron chi connectivity index (χ2n) is 13.7. The number of thioether (sulfide) groups is 1. The van der Waals surface area contributed by atoms with Crippen LogP contribution in [0.5, 0.6) is 5.75 Å². The van der Waals surface area contributed by atoms with Gasteiger partial charge in [-0.15, -0.1) is 0 Å². The molecule has 2 aliphatic rings. The van der Waals surface area contributed by atoms with Crippen molar-refractivity contribution in [2.24, 2.45) is 0 Å². The summed E-state index contributed by atoms with van der Waals surface area (Å²) in [4.78, 5) is 13.8. The van der Waals surface area contributed by atoms with Gasteiger partial charge in [0.25, 0.3) is 0 Å². The van der Waals surface area contributed by atoms with Crippen LogP contribution in [0.3, 0.4) is 0 Å². The van der Waals surface area contributed by atoms with E-state index in [0.29, 0.717) is 23.6 Å². The van der Waals surface area contributed by atoms with Gasteiger partial charge in [0.15, 0.2) is 20.4 Å². The van der Waals surface area contributed by atoms with Crippen LogP contribution in [-0.4, -0.2) is 50.4 Å². The third-order valence-corrected chi connectivity index (χ3v) is 14.9. The van der Waals surface area contributed by atoms with E-state index >= 15 is 0 Å². The number of hydrogen-bond acceptors (Lipinski definition) is 7. The van der Waals surface area contributed by atoms with Crippen molar-refractivity contribution < 1.29 is 28.2 Å². The highest BCUT2D eigenvalue weighted by Gasteiger charge is 2.59. The molecule has 0 aliphatic carbocycles. The lowest BCUT2D eigenvalue weighted by atomic mass is 9.97. The summed E-state index contributed by atoms with van der Waals surface area (Å²) < 4.78 is 32.1. The van der Waals surface area contributed by atoms with Crippen molar-refractivity contribution in [3.05, 3.63) is 100 Å². The third-order valence-electron chi connectivity index (χ3n) is 8.83. The fraction of sp³-hybridized carbons (Fsp3) is 0.472. The molecule has 0 N–H and O–H groups in total. The fourth-order valence-electron chi connectivity index (χ4n) is 5.48. The molecule has 0 bridgehead atoms. The van der Waals surface area contributed by atoms with Gasteiger partial charge >= 0.3 is 0 Å². The van der Waals surface area contributed by atoms with E-state index in [-0.39, 0.29) is 10.2 Å². The summed E-state index contributed by atoms with van der Waals surface area (Å²) in [7, 11) is -2.29. The van der Waals surface area contributed by atoms with Crippen LogP contribution >= 0.6 is 23.4 Å². The molecule has 2 heterocycles. The topological polar surface area (TPSA) is 63.2 Å². The van der Waals surface area contributed by atoms with Crippen LogP contribution in [0.25, 0.3) is 0 Å². The smallest absolute Gasteiger partial charge is 0.220 e. The second kappa shape index (κ2) is 13.5. The molecule has 2 aliphatic heterocycles. The average molecular weight is 669 g/mol. The molecule has 9 heteroatoms. The molecule has 45 heavy (non-hydrogen) atoms. The predicted molar refractivity (Wildman–Crippen MR) is 184 cm³/mol. The molecule has 0 spiro atoms. The highest BCUT2D eigenvalue weighted by molar-refractivity contribution is 8.14. The monoisotopic (exact) mass is 668 g/mol. The van der Waals surface area contributed by atoms with Gasteiger partial charge in [-0.2, -0.15) is 0 Å². The summed E-state index contributed by atoms with van der Waals surface area (Å²) in [6, 6.07) is 23.4. The second-order valence-corrected chi connectivity index (χ2v) is 20.0. The zero-order valence-corrected chi connectivity index (χ0v) is 30.0. The van der Waals surface area contributed by atoms with E-state index in [4.69, 9.17) is 35.0 Å². The van der Waals surface area contributed by atoms with E-state index < -0.39 is 44.0 Å². The summed E-state index contributed by atoms with van der Waals surface area (Å²) in [6.07, 6.45) is -1.36. The van der Waals surface area contributed by atoms with Crippen molar-refractivity contribution in [3.8, 4) is 5.75 Å². The fourth-order valence-corrected chi connectivity index (χ4v) is 8.10. The minimum absolute atomic E-state index is 0.0434. The average Bonchev–Trinajstić information content (AvgIpc) is 3.45. The SMILES string of the molecule is CCOc1ccc(Cc2cc([C@H](SC(=O)c3ccccc3)C3O[C@H]4OC(C)(C)O[C@H]4[C@@H]3O[Si](C)(C)C(C)(C)C)ccc2Cl)cc1. The molecule has 0 aromatic heterocycles. The van der Waals surface area contributed by atoms with Gasteiger partial charge in [-0.1, -0.05) is 98.7 Å². The quantitative estimate of drug-likeness (QED) is 0.200. The molecule has 242 valence electrons. The van der Waals surface area contributed by atoms with E-state index in [0.717, 1.165) is 22.4 Å². The first-order valence-corrected chi connectivity index (χ1v) is 19.8. The largest absolute Gasteiger partial charge is 0.494 e. The van der Waals surface area contributed by atoms with Crippen LogP contribution in [0, 0.1) is 0 Å². The molecule has 6 nitrogen and oxygen atoms in total. The van der Waals surface area contributed by atoms with Crippen molar-refractivity contribution >= 4 is 36.8 Å². The van der Waals surface area contributed by atoms with Gasteiger partial charge in [-0.25, -0.2) is 0 Å². The van der Waals surface area contributed by atoms with Crippen LogP contribution in [0.4, 0.5) is 0 Å². The first-order valence-electron chi connectivity index (χ1n) is 15.6. The Kier molecular flexibility index (Phi) is 10.3. The van der Waals surface area contributed by atoms with Crippen molar-refractivity contribution in [1.82, 2.24) is 0 Å². The molecule has 5 rings (SSSR count). The number of fused-ring (bicyclic) bond motifs is 1. The van der Waals surface area contributed by atoms with Gasteiger partial charge in [0.2, 0.25) is 5.12 Å². The molecule has 5 atom stereocenters. The van der Waals surface area contributed by atoms with Gasteiger partial charge in [0, 0.05) is 10.6 Å². The Morgan fingerprint density at radius 2 is 1.71 bits per heavy atom. The standard InChI is InChI=1S/C36H45ClO6SSi/c1-9-39-27-18-15-23(16-19-27)21-26-22-25(17-20-28(26)37)32(44-33(38)24-13-11-10-12-14-24)30-29(43-45(7,8)35(2,3)4)31-34(40-30)42-36(5,6)41-31/h10-20,22,29-32,34H,9,21H2,1-8H3/t29-,30?,31+,32+,34+/m1/s1. The lowest BCUT2D eigenvalue weighted by molar-refractivity contribution is -0.213. The normalized spacial score (nSPS) is 23.5. The predicted octanol–water partition coefficient (Wildman–Crippen LogP) is 9.21. The third kappa shape index (κ3) is 7.87. The number of rotatable bonds is 10. The Morgan fingerprint density at radius 1 is 1.02 bits per heavy atom. The van der Waals surface area contributed by atoms with Crippen LogP contribution < -0.4 is 4.74 Å². The molecule has 0 saturated carbocycles. The summed E-state index contributed by atoms with van der Waals surface area (Å²) in [6.45, 7) is 17.5. The highest BCUT2D eigenvalue weighted by atomic mass is 35.5. The molecule has 2 fully saturated rings. The number of halogens is 1. The number of ether oxygens (including phenoxy) is 4. The molecule has 3 aromatic rings. The van der Waals surface area contributed by atoms with Crippen molar-refractivity contribution in [3.63, 3.8) is 0 Å². The van der Waals surface area contributed by atoms with E-state index in [1.807, 2.05) is 75.4 Å². The summed E-state index contributed by atoms with van der Waals surface area (Å²) in [5.41, 5.74) is 3.63. The van der Waals surface area contributed by atoms with Crippen molar-refractivity contribution in [2.75, 3.05) is 6.61 Å². The van der Waals surface area contributed by atoms with Gasteiger partial charge < -0.3 is 23.4 Å². The van der Waals surface area contributed by atoms with Gasteiger partial charge in [0.1, 0.15) is 24.1 Å². The maximum absolute atomic E-state index is 13.8. The molecule has 1 unspecified atom stereocenters. The van der Waals surface area contributed by atoms with E-state index in [9.17, 15) is 4.79 Å². The minimum Gasteiger partial charge on any atom is -0.494 e. The first kappa shape index (κ1) is 34.2. The van der Waals surface area contributed by atoms with Crippen LogP contribution in [0.15, 0.2) is 72.8 Å². The zero-order chi connectivity index (χ0) is 32.6. The van der Waals surface area contributed by atoms with E-state index in [1.165, 1.54) is 11.8 Å². The Hall–Kier alpha value is -2.17. The van der Waals surface area contributed by atoms with Crippen molar-refractivity contribution in [2.45, 2.75) is 102 Å². The Balaban J connectivity index is 1.53. The van der Waals surface area contributed by atoms with Gasteiger partial charge in [-0.3, -0.25) is 4.79 Å². The number of benzene rings is 3. The molecular formula is C36H45ClO6SSi. The summed E-state index contributed by atoms with van der Waals surface area (Å²) in [5.74, 6) is 0.0320. The summed E-state index contributed by atoms with van der Waals surface area (Å²) >= 11 is 8.03.